The number of aliphatic carboxylic acids is 1. The van der Waals surface area contributed by atoms with E-state index in [4.69, 9.17) is 21.9 Å². The summed E-state index contributed by atoms with van der Waals surface area (Å²) < 4.78 is 2.23. The number of rotatable bonds is 3. The number of carbonyl (C=O) groups is 1. The molecular formula is C11H11ClN3O3+. The van der Waals surface area contributed by atoms with Crippen molar-refractivity contribution in [3.63, 3.8) is 0 Å². The Morgan fingerprint density at radius 3 is 2.67 bits per heavy atom. The molecule has 0 aliphatic rings. The van der Waals surface area contributed by atoms with Gasteiger partial charge in [0.05, 0.1) is 10.7 Å². The van der Waals surface area contributed by atoms with E-state index in [1.807, 2.05) is 0 Å². The van der Waals surface area contributed by atoms with Gasteiger partial charge in [-0.15, -0.1) is 0 Å². The molecule has 0 amide bonds. The van der Waals surface area contributed by atoms with Crippen LogP contribution in [0.5, 0.6) is 0 Å². The number of pyridine rings is 1. The Hall–Kier alpha value is -2.08. The van der Waals surface area contributed by atoms with E-state index in [1.165, 1.54) is 17.1 Å². The lowest BCUT2D eigenvalue weighted by Crippen LogP contribution is -2.27. The maximum absolute atomic E-state index is 10.7. The van der Waals surface area contributed by atoms with Gasteiger partial charge in [0.1, 0.15) is 12.2 Å². The van der Waals surface area contributed by atoms with Crippen molar-refractivity contribution in [1.82, 2.24) is 9.78 Å². The van der Waals surface area contributed by atoms with Crippen LogP contribution in [-0.2, 0) is 11.3 Å². The van der Waals surface area contributed by atoms with E-state index in [0.717, 1.165) is 4.73 Å². The summed E-state index contributed by atoms with van der Waals surface area (Å²) in [7, 11) is 0. The molecule has 0 aliphatic heterocycles. The smallest absolute Gasteiger partial charge is 0.325 e. The molecule has 0 aromatic carbocycles. The van der Waals surface area contributed by atoms with E-state index in [2.05, 4.69) is 5.10 Å². The summed E-state index contributed by atoms with van der Waals surface area (Å²) in [6, 6.07) is 3.28. The van der Waals surface area contributed by atoms with Crippen molar-refractivity contribution < 1.29 is 19.8 Å². The van der Waals surface area contributed by atoms with Gasteiger partial charge in [0.15, 0.2) is 0 Å². The van der Waals surface area contributed by atoms with Crippen LogP contribution in [0.15, 0.2) is 24.5 Å². The highest BCUT2D eigenvalue weighted by molar-refractivity contribution is 6.33. The zero-order valence-corrected chi connectivity index (χ0v) is 10.3. The number of carboxylic acid groups (broad SMARTS) is 1. The lowest BCUT2D eigenvalue weighted by molar-refractivity contribution is -0.904. The second-order valence-corrected chi connectivity index (χ2v) is 4.14. The topological polar surface area (TPSA) is 79.2 Å². The van der Waals surface area contributed by atoms with Gasteiger partial charge in [-0.25, -0.2) is 0 Å². The van der Waals surface area contributed by atoms with Crippen LogP contribution in [-0.4, -0.2) is 26.1 Å². The average molecular weight is 269 g/mol. The molecule has 0 saturated heterocycles. The zero-order valence-electron chi connectivity index (χ0n) is 9.54. The van der Waals surface area contributed by atoms with E-state index in [0.29, 0.717) is 22.0 Å². The van der Waals surface area contributed by atoms with Crippen molar-refractivity contribution in [2.45, 2.75) is 13.5 Å². The van der Waals surface area contributed by atoms with Crippen molar-refractivity contribution in [2.24, 2.45) is 0 Å². The summed E-state index contributed by atoms with van der Waals surface area (Å²) in [4.78, 5) is 10.7. The van der Waals surface area contributed by atoms with Crippen molar-refractivity contribution in [2.75, 3.05) is 0 Å². The fourth-order valence-corrected chi connectivity index (χ4v) is 1.81. The highest BCUT2D eigenvalue weighted by atomic mass is 35.5. The Kier molecular flexibility index (Phi) is 3.20. The summed E-state index contributed by atoms with van der Waals surface area (Å²) in [6.45, 7) is 1.47. The minimum atomic E-state index is -0.981. The molecule has 94 valence electrons. The number of nitrogens with zero attached hydrogens (tertiary/aromatic N) is 3. The molecule has 0 fully saturated rings. The lowest BCUT2D eigenvalue weighted by atomic mass is 10.2. The van der Waals surface area contributed by atoms with Gasteiger partial charge >= 0.3 is 5.97 Å². The molecular weight excluding hydrogens is 258 g/mol. The zero-order chi connectivity index (χ0) is 13.3. The highest BCUT2D eigenvalue weighted by Crippen LogP contribution is 2.28. The molecule has 0 radical (unpaired) electrons. The van der Waals surface area contributed by atoms with Crippen LogP contribution in [0.1, 0.15) is 5.69 Å². The Balaban J connectivity index is 2.45. The molecule has 0 saturated carbocycles. The fourth-order valence-electron chi connectivity index (χ4n) is 1.57. The first kappa shape index (κ1) is 12.4. The van der Waals surface area contributed by atoms with E-state index < -0.39 is 5.97 Å². The molecule has 7 heteroatoms. The molecule has 0 spiro atoms. The van der Waals surface area contributed by atoms with Crippen LogP contribution in [0.25, 0.3) is 11.3 Å². The third kappa shape index (κ3) is 2.28. The first-order valence-corrected chi connectivity index (χ1v) is 5.52. The predicted molar refractivity (Wildman–Crippen MR) is 62.4 cm³/mol. The van der Waals surface area contributed by atoms with Gasteiger partial charge in [-0.2, -0.15) is 5.10 Å². The number of halogens is 1. The van der Waals surface area contributed by atoms with Gasteiger partial charge in [-0.3, -0.25) is 14.7 Å². The van der Waals surface area contributed by atoms with E-state index in [1.54, 1.807) is 19.1 Å². The summed E-state index contributed by atoms with van der Waals surface area (Å²) in [5, 5.41) is 22.5. The van der Waals surface area contributed by atoms with Crippen LogP contribution in [0, 0.1) is 6.92 Å². The molecule has 18 heavy (non-hydrogen) atoms. The van der Waals surface area contributed by atoms with Crippen molar-refractivity contribution in [1.29, 1.82) is 0 Å². The molecule has 2 aromatic rings. The van der Waals surface area contributed by atoms with E-state index in [9.17, 15) is 4.79 Å². The maximum Gasteiger partial charge on any atom is 0.325 e. The molecule has 2 aromatic heterocycles. The molecule has 0 aliphatic carbocycles. The molecule has 0 bridgehead atoms. The maximum atomic E-state index is 10.7. The van der Waals surface area contributed by atoms with Crippen LogP contribution >= 0.6 is 11.6 Å². The van der Waals surface area contributed by atoms with E-state index in [-0.39, 0.29) is 6.54 Å². The summed E-state index contributed by atoms with van der Waals surface area (Å²) in [5.74, 6) is -0.981. The van der Waals surface area contributed by atoms with Gasteiger partial charge in [0.25, 0.3) is 0 Å². The Morgan fingerprint density at radius 2 is 2.11 bits per heavy atom. The number of carboxylic acids is 1. The molecule has 2 heterocycles. The van der Waals surface area contributed by atoms with Gasteiger partial charge in [-0.1, -0.05) is 11.6 Å². The minimum absolute atomic E-state index is 0.238. The summed E-state index contributed by atoms with van der Waals surface area (Å²) in [5.41, 5.74) is 1.79. The molecule has 0 atom stereocenters. The van der Waals surface area contributed by atoms with Crippen LogP contribution < -0.4 is 4.73 Å². The van der Waals surface area contributed by atoms with Crippen LogP contribution in [0.4, 0.5) is 0 Å². The lowest BCUT2D eigenvalue weighted by Gasteiger charge is -1.98. The Labute approximate surface area is 108 Å². The largest absolute Gasteiger partial charge is 0.480 e. The molecule has 2 N–H and O–H groups in total. The SMILES string of the molecule is Cc1c(Cl)c(-c2cc[n+](O)cc2)nn1CC(=O)O. The van der Waals surface area contributed by atoms with Crippen LogP contribution in [0.3, 0.4) is 0 Å². The molecule has 6 nitrogen and oxygen atoms in total. The first-order chi connectivity index (χ1) is 8.49. The summed E-state index contributed by atoms with van der Waals surface area (Å²) >= 11 is 6.13. The van der Waals surface area contributed by atoms with Crippen LogP contribution in [0.2, 0.25) is 5.02 Å². The molecule has 0 unspecified atom stereocenters. The highest BCUT2D eigenvalue weighted by Gasteiger charge is 2.16. The second kappa shape index (κ2) is 4.66. The first-order valence-electron chi connectivity index (χ1n) is 5.14. The van der Waals surface area contributed by atoms with Gasteiger partial charge in [0, 0.05) is 22.4 Å². The van der Waals surface area contributed by atoms with Gasteiger partial charge in [-0.05, 0) is 6.92 Å². The summed E-state index contributed by atoms with van der Waals surface area (Å²) in [6.07, 6.45) is 2.88. The number of aromatic nitrogens is 3. The van der Waals surface area contributed by atoms with Gasteiger partial charge < -0.3 is 5.11 Å². The standard InChI is InChI=1S/C11H10ClN3O3/c1-7-10(12)11(13-15(7)6-9(16)17)8-2-4-14(18)5-3-8/h2-5H,6H2,1H3,(H-,13,16,17,18)/p+1. The monoisotopic (exact) mass is 268 g/mol. The normalized spacial score (nSPS) is 10.6. The predicted octanol–water partition coefficient (Wildman–Crippen LogP) is 1.12. The van der Waals surface area contributed by atoms with Crippen molar-refractivity contribution in [3.8, 4) is 11.3 Å². The fraction of sp³-hybridized carbons (Fsp3) is 0.182. The third-order valence-electron chi connectivity index (χ3n) is 2.51. The van der Waals surface area contributed by atoms with E-state index >= 15 is 0 Å². The third-order valence-corrected chi connectivity index (χ3v) is 2.96. The Bertz CT molecular complexity index is 592. The number of hydrogen-bond donors (Lipinski definition) is 2. The minimum Gasteiger partial charge on any atom is -0.480 e. The average Bonchev–Trinajstić information content (AvgIpc) is 2.58. The molecule has 2 rings (SSSR count). The number of hydrogen-bond acceptors (Lipinski definition) is 3. The second-order valence-electron chi connectivity index (χ2n) is 3.77. The Morgan fingerprint density at radius 1 is 1.50 bits per heavy atom. The van der Waals surface area contributed by atoms with Crippen molar-refractivity contribution in [3.05, 3.63) is 35.2 Å². The van der Waals surface area contributed by atoms with Crippen molar-refractivity contribution >= 4 is 17.6 Å². The quantitative estimate of drug-likeness (QED) is 0.646. The van der Waals surface area contributed by atoms with Gasteiger partial charge in [0.2, 0.25) is 12.4 Å².